The van der Waals surface area contributed by atoms with E-state index in [1.165, 1.54) is 0 Å². The Kier molecular flexibility index (Phi) is 4.37. The van der Waals surface area contributed by atoms with Crippen LogP contribution in [0.5, 0.6) is 0 Å². The Labute approximate surface area is 125 Å². The van der Waals surface area contributed by atoms with Crippen LogP contribution in [0.15, 0.2) is 30.6 Å². The Hall–Kier alpha value is -2.21. The second-order valence-electron chi connectivity index (χ2n) is 6.05. The second-order valence-corrected chi connectivity index (χ2v) is 6.05. The first-order valence-electron chi connectivity index (χ1n) is 6.86. The molecule has 0 fully saturated rings. The molecule has 0 amide bonds. The summed E-state index contributed by atoms with van der Waals surface area (Å²) >= 11 is 0. The van der Waals surface area contributed by atoms with Crippen LogP contribution in [0.1, 0.15) is 32.2 Å². The van der Waals surface area contributed by atoms with Crippen molar-refractivity contribution in [1.29, 1.82) is 0 Å². The van der Waals surface area contributed by atoms with Gasteiger partial charge in [0.05, 0.1) is 0 Å². The molecule has 2 rings (SSSR count). The number of nitrogens with zero attached hydrogens (tertiary/aromatic N) is 4. The van der Waals surface area contributed by atoms with Gasteiger partial charge in [-0.2, -0.15) is 0 Å². The Bertz CT molecular complexity index is 591. The molecule has 0 aliphatic carbocycles. The molecule has 2 heterocycles. The highest BCUT2D eigenvalue weighted by Crippen LogP contribution is 2.23. The molecule has 6 nitrogen and oxygen atoms in total. The smallest absolute Gasteiger partial charge is 0.145 e. The van der Waals surface area contributed by atoms with Gasteiger partial charge in [-0.25, -0.2) is 15.8 Å². The maximum atomic E-state index is 5.51. The van der Waals surface area contributed by atoms with E-state index in [4.69, 9.17) is 5.84 Å². The van der Waals surface area contributed by atoms with Gasteiger partial charge < -0.3 is 10.3 Å². The van der Waals surface area contributed by atoms with Crippen LogP contribution in [-0.2, 0) is 12.0 Å². The lowest BCUT2D eigenvalue weighted by atomic mass is 9.96. The SMILES string of the molecule is CN(Cc1cccnc1)c1cc(NN)nc(C(C)(C)C)n1. The molecule has 0 bridgehead atoms. The van der Waals surface area contributed by atoms with Gasteiger partial charge in [-0.05, 0) is 11.6 Å². The van der Waals surface area contributed by atoms with E-state index in [9.17, 15) is 0 Å². The zero-order chi connectivity index (χ0) is 15.5. The molecule has 0 unspecified atom stereocenters. The van der Waals surface area contributed by atoms with Crippen LogP contribution in [0.4, 0.5) is 11.6 Å². The Morgan fingerprint density at radius 3 is 2.62 bits per heavy atom. The van der Waals surface area contributed by atoms with Crippen LogP contribution in [0.2, 0.25) is 0 Å². The number of hydrogen-bond donors (Lipinski definition) is 2. The molecule has 0 saturated heterocycles. The molecule has 0 spiro atoms. The summed E-state index contributed by atoms with van der Waals surface area (Å²) in [6, 6.07) is 5.81. The lowest BCUT2D eigenvalue weighted by Gasteiger charge is -2.23. The molecule has 0 radical (unpaired) electrons. The fraction of sp³-hybridized carbons (Fsp3) is 0.400. The Balaban J connectivity index is 2.30. The summed E-state index contributed by atoms with van der Waals surface area (Å²) < 4.78 is 0. The average molecular weight is 286 g/mol. The van der Waals surface area contributed by atoms with E-state index in [0.29, 0.717) is 5.82 Å². The van der Waals surface area contributed by atoms with Gasteiger partial charge in [-0.1, -0.05) is 26.8 Å². The molecule has 2 aromatic rings. The highest BCUT2D eigenvalue weighted by molar-refractivity contribution is 5.49. The van der Waals surface area contributed by atoms with E-state index in [1.54, 1.807) is 6.20 Å². The van der Waals surface area contributed by atoms with Crippen LogP contribution in [0.3, 0.4) is 0 Å². The van der Waals surface area contributed by atoms with E-state index in [2.05, 4.69) is 46.0 Å². The zero-order valence-electron chi connectivity index (χ0n) is 13.0. The standard InChI is InChI=1S/C15H22N6/c1-15(2,3)14-18-12(20-16)8-13(19-14)21(4)10-11-6-5-7-17-9-11/h5-9H,10,16H2,1-4H3,(H,18,19,20). The first-order chi connectivity index (χ1) is 9.90. The predicted octanol–water partition coefficient (Wildman–Crippen LogP) is 2.09. The van der Waals surface area contributed by atoms with Gasteiger partial charge in [0.2, 0.25) is 0 Å². The number of nitrogens with two attached hydrogens (primary N) is 1. The molecule has 0 aromatic carbocycles. The summed E-state index contributed by atoms with van der Waals surface area (Å²) in [7, 11) is 1.99. The quantitative estimate of drug-likeness (QED) is 0.662. The zero-order valence-corrected chi connectivity index (χ0v) is 13.0. The first-order valence-corrected chi connectivity index (χ1v) is 6.86. The minimum absolute atomic E-state index is 0.142. The molecule has 6 heteroatoms. The van der Waals surface area contributed by atoms with Gasteiger partial charge in [0.1, 0.15) is 17.5 Å². The van der Waals surface area contributed by atoms with Crippen molar-refractivity contribution in [1.82, 2.24) is 15.0 Å². The summed E-state index contributed by atoms with van der Waals surface area (Å²) in [5.74, 6) is 7.71. The average Bonchev–Trinajstić information content (AvgIpc) is 2.46. The van der Waals surface area contributed by atoms with Gasteiger partial charge in [0.15, 0.2) is 0 Å². The topological polar surface area (TPSA) is 80.0 Å². The van der Waals surface area contributed by atoms with Crippen molar-refractivity contribution in [3.05, 3.63) is 42.0 Å². The Morgan fingerprint density at radius 1 is 1.29 bits per heavy atom. The van der Waals surface area contributed by atoms with Gasteiger partial charge in [-0.15, -0.1) is 0 Å². The number of nitrogen functional groups attached to an aromatic ring is 1. The Morgan fingerprint density at radius 2 is 2.05 bits per heavy atom. The third-order valence-corrected chi connectivity index (χ3v) is 3.06. The third-order valence-electron chi connectivity index (χ3n) is 3.06. The summed E-state index contributed by atoms with van der Waals surface area (Å²) in [5.41, 5.74) is 3.59. The molecule has 3 N–H and O–H groups in total. The van der Waals surface area contributed by atoms with Crippen molar-refractivity contribution in [2.75, 3.05) is 17.4 Å². The summed E-state index contributed by atoms with van der Waals surface area (Å²) in [5, 5.41) is 0. The van der Waals surface area contributed by atoms with Crippen molar-refractivity contribution < 1.29 is 0 Å². The van der Waals surface area contributed by atoms with E-state index >= 15 is 0 Å². The van der Waals surface area contributed by atoms with Crippen LogP contribution < -0.4 is 16.2 Å². The highest BCUT2D eigenvalue weighted by atomic mass is 15.3. The first kappa shape index (κ1) is 15.2. The molecule has 21 heavy (non-hydrogen) atoms. The van der Waals surface area contributed by atoms with Gasteiger partial charge in [0.25, 0.3) is 0 Å². The number of pyridine rings is 1. The van der Waals surface area contributed by atoms with Crippen LogP contribution in [0, 0.1) is 0 Å². The lowest BCUT2D eigenvalue weighted by molar-refractivity contribution is 0.545. The van der Waals surface area contributed by atoms with E-state index in [1.807, 2.05) is 31.4 Å². The number of hydrogen-bond acceptors (Lipinski definition) is 6. The highest BCUT2D eigenvalue weighted by Gasteiger charge is 2.20. The number of rotatable bonds is 4. The molecule has 0 aliphatic rings. The molecule has 2 aromatic heterocycles. The van der Waals surface area contributed by atoms with E-state index < -0.39 is 0 Å². The predicted molar refractivity (Wildman–Crippen MR) is 84.9 cm³/mol. The van der Waals surface area contributed by atoms with E-state index in [0.717, 1.165) is 23.8 Å². The van der Waals surface area contributed by atoms with Gasteiger partial charge >= 0.3 is 0 Å². The molecular formula is C15H22N6. The van der Waals surface area contributed by atoms with Crippen molar-refractivity contribution in [3.8, 4) is 0 Å². The fourth-order valence-electron chi connectivity index (χ4n) is 1.89. The van der Waals surface area contributed by atoms with Crippen LogP contribution in [0.25, 0.3) is 0 Å². The number of nitrogens with one attached hydrogen (secondary N) is 1. The second kappa shape index (κ2) is 6.05. The van der Waals surface area contributed by atoms with Crippen LogP contribution in [-0.4, -0.2) is 22.0 Å². The van der Waals surface area contributed by atoms with Crippen molar-refractivity contribution in [3.63, 3.8) is 0 Å². The lowest BCUT2D eigenvalue weighted by Crippen LogP contribution is -2.23. The largest absolute Gasteiger partial charge is 0.355 e. The summed E-state index contributed by atoms with van der Waals surface area (Å²) in [4.78, 5) is 15.3. The third kappa shape index (κ3) is 3.88. The fourth-order valence-corrected chi connectivity index (χ4v) is 1.89. The molecule has 0 saturated carbocycles. The normalized spacial score (nSPS) is 11.3. The minimum Gasteiger partial charge on any atom is -0.355 e. The van der Waals surface area contributed by atoms with Crippen LogP contribution >= 0.6 is 0 Å². The van der Waals surface area contributed by atoms with Gasteiger partial charge in [0, 0.05) is 37.5 Å². The monoisotopic (exact) mass is 286 g/mol. The summed E-state index contributed by atoms with van der Waals surface area (Å²) in [6.07, 6.45) is 3.62. The number of hydrazine groups is 1. The molecule has 0 atom stereocenters. The van der Waals surface area contributed by atoms with Gasteiger partial charge in [-0.3, -0.25) is 4.98 Å². The maximum Gasteiger partial charge on any atom is 0.145 e. The molecule has 112 valence electrons. The molecule has 0 aliphatic heterocycles. The van der Waals surface area contributed by atoms with Crippen molar-refractivity contribution >= 4 is 11.6 Å². The number of anilines is 2. The number of aromatic nitrogens is 3. The van der Waals surface area contributed by atoms with E-state index in [-0.39, 0.29) is 5.41 Å². The van der Waals surface area contributed by atoms with Crippen molar-refractivity contribution in [2.24, 2.45) is 5.84 Å². The summed E-state index contributed by atoms with van der Waals surface area (Å²) in [6.45, 7) is 6.95. The molecular weight excluding hydrogens is 264 g/mol. The van der Waals surface area contributed by atoms with Crippen molar-refractivity contribution in [2.45, 2.75) is 32.7 Å². The minimum atomic E-state index is -0.142. The maximum absolute atomic E-state index is 5.51.